The average Bonchev–Trinajstić information content (AvgIpc) is 2.93. The molecular formula is C16H10BrNO2S. The van der Waals surface area contributed by atoms with Crippen LogP contribution in [-0.4, -0.2) is 11.0 Å². The number of thiazole rings is 1. The third-order valence-electron chi connectivity index (χ3n) is 2.85. The molecule has 0 saturated heterocycles. The number of carbonyl (C=O) groups is 1. The second-order valence-corrected chi connectivity index (χ2v) is 6.14. The Morgan fingerprint density at radius 3 is 2.86 bits per heavy atom. The number of nitrogens with zero attached hydrogens (tertiary/aromatic N) is 1. The summed E-state index contributed by atoms with van der Waals surface area (Å²) in [6.45, 7) is 3.40. The molecule has 0 bridgehead atoms. The Labute approximate surface area is 134 Å². The van der Waals surface area contributed by atoms with Crippen molar-refractivity contribution in [3.63, 3.8) is 0 Å². The van der Waals surface area contributed by atoms with Crippen LogP contribution in [0.2, 0.25) is 0 Å². The molecule has 3 rings (SSSR count). The van der Waals surface area contributed by atoms with Gasteiger partial charge in [-0.1, -0.05) is 24.8 Å². The number of fused-ring (bicyclic) bond motifs is 1. The van der Waals surface area contributed by atoms with Crippen LogP contribution in [-0.2, 0) is 4.79 Å². The Hall–Kier alpha value is -1.98. The maximum atomic E-state index is 11.3. The fraction of sp³-hybridized carbons (Fsp3) is 0. The molecule has 0 fully saturated rings. The number of hydrogen-bond acceptors (Lipinski definition) is 4. The summed E-state index contributed by atoms with van der Waals surface area (Å²) >= 11 is 4.97. The predicted octanol–water partition coefficient (Wildman–Crippen LogP) is 4.82. The molecule has 3 nitrogen and oxygen atoms in total. The van der Waals surface area contributed by atoms with Gasteiger partial charge in [-0.3, -0.25) is 0 Å². The molecule has 3 aromatic rings. The van der Waals surface area contributed by atoms with Gasteiger partial charge in [0.25, 0.3) is 0 Å². The van der Waals surface area contributed by atoms with Crippen LogP contribution in [0.25, 0.3) is 20.8 Å². The first-order chi connectivity index (χ1) is 10.2. The summed E-state index contributed by atoms with van der Waals surface area (Å²) in [6.07, 6.45) is 1.14. The summed E-state index contributed by atoms with van der Waals surface area (Å²) in [5, 5.41) is 0.889. The van der Waals surface area contributed by atoms with E-state index in [0.717, 1.165) is 26.9 Å². The molecule has 21 heavy (non-hydrogen) atoms. The van der Waals surface area contributed by atoms with Gasteiger partial charge in [0.2, 0.25) is 0 Å². The molecule has 2 aromatic carbocycles. The van der Waals surface area contributed by atoms with Gasteiger partial charge in [-0.25, -0.2) is 9.78 Å². The zero-order chi connectivity index (χ0) is 14.8. The van der Waals surface area contributed by atoms with E-state index in [0.29, 0.717) is 10.2 Å². The van der Waals surface area contributed by atoms with Gasteiger partial charge in [0, 0.05) is 11.6 Å². The highest BCUT2D eigenvalue weighted by atomic mass is 79.9. The largest absolute Gasteiger partial charge is 0.422 e. The zero-order valence-electron chi connectivity index (χ0n) is 10.9. The van der Waals surface area contributed by atoms with Crippen molar-refractivity contribution >= 4 is 43.5 Å². The lowest BCUT2D eigenvalue weighted by Crippen LogP contribution is -2.03. The zero-order valence-corrected chi connectivity index (χ0v) is 13.3. The van der Waals surface area contributed by atoms with E-state index in [9.17, 15) is 4.79 Å². The van der Waals surface area contributed by atoms with Crippen LogP contribution in [0.3, 0.4) is 0 Å². The number of ether oxygens (including phenoxy) is 1. The van der Waals surface area contributed by atoms with Gasteiger partial charge >= 0.3 is 5.97 Å². The highest BCUT2D eigenvalue weighted by Gasteiger charge is 2.11. The van der Waals surface area contributed by atoms with Gasteiger partial charge < -0.3 is 4.74 Å². The number of para-hydroxylation sites is 1. The SMILES string of the molecule is C=CC(=O)Oc1cc(-c2nc3ccccc3s2)ccc1Br. The molecule has 0 saturated carbocycles. The maximum absolute atomic E-state index is 11.3. The molecule has 0 radical (unpaired) electrons. The molecule has 0 aliphatic heterocycles. The minimum atomic E-state index is -0.489. The number of rotatable bonds is 3. The van der Waals surface area contributed by atoms with Gasteiger partial charge in [0.05, 0.1) is 14.7 Å². The highest BCUT2D eigenvalue weighted by Crippen LogP contribution is 2.34. The Kier molecular flexibility index (Phi) is 3.86. The average molecular weight is 360 g/mol. The molecule has 0 aliphatic rings. The molecule has 0 atom stereocenters. The fourth-order valence-electron chi connectivity index (χ4n) is 1.86. The smallest absolute Gasteiger partial charge is 0.335 e. The van der Waals surface area contributed by atoms with Crippen LogP contribution in [0, 0.1) is 0 Å². The van der Waals surface area contributed by atoms with Gasteiger partial charge in [-0.05, 0) is 40.2 Å². The van der Waals surface area contributed by atoms with Crippen molar-refractivity contribution in [2.45, 2.75) is 0 Å². The highest BCUT2D eigenvalue weighted by molar-refractivity contribution is 9.10. The molecular weight excluding hydrogens is 350 g/mol. The molecule has 5 heteroatoms. The van der Waals surface area contributed by atoms with E-state index in [2.05, 4.69) is 27.5 Å². The molecule has 1 heterocycles. The minimum absolute atomic E-state index is 0.455. The van der Waals surface area contributed by atoms with Crippen LogP contribution in [0.1, 0.15) is 0 Å². The Balaban J connectivity index is 2.03. The van der Waals surface area contributed by atoms with E-state index >= 15 is 0 Å². The van der Waals surface area contributed by atoms with Gasteiger partial charge in [0.15, 0.2) is 0 Å². The van der Waals surface area contributed by atoms with Crippen LogP contribution in [0.5, 0.6) is 5.75 Å². The molecule has 0 aliphatic carbocycles. The van der Waals surface area contributed by atoms with Gasteiger partial charge in [-0.2, -0.15) is 0 Å². The number of carbonyl (C=O) groups excluding carboxylic acids is 1. The van der Waals surface area contributed by atoms with Gasteiger partial charge in [-0.15, -0.1) is 11.3 Å². The first kappa shape index (κ1) is 14.0. The Morgan fingerprint density at radius 1 is 1.29 bits per heavy atom. The second-order valence-electron chi connectivity index (χ2n) is 4.26. The van der Waals surface area contributed by atoms with Crippen molar-refractivity contribution < 1.29 is 9.53 Å². The Morgan fingerprint density at radius 2 is 2.10 bits per heavy atom. The minimum Gasteiger partial charge on any atom is -0.422 e. The lowest BCUT2D eigenvalue weighted by Gasteiger charge is -2.05. The topological polar surface area (TPSA) is 39.2 Å². The predicted molar refractivity (Wildman–Crippen MR) is 88.6 cm³/mol. The van der Waals surface area contributed by atoms with Crippen LogP contribution in [0.15, 0.2) is 59.6 Å². The maximum Gasteiger partial charge on any atom is 0.335 e. The van der Waals surface area contributed by atoms with Gasteiger partial charge in [0.1, 0.15) is 10.8 Å². The van der Waals surface area contributed by atoms with Crippen molar-refractivity contribution in [3.05, 3.63) is 59.6 Å². The van der Waals surface area contributed by atoms with E-state index in [4.69, 9.17) is 4.74 Å². The lowest BCUT2D eigenvalue weighted by molar-refractivity contribution is -0.129. The lowest BCUT2D eigenvalue weighted by atomic mass is 10.2. The number of benzene rings is 2. The molecule has 0 N–H and O–H groups in total. The Bertz CT molecular complexity index is 808. The monoisotopic (exact) mass is 359 g/mol. The first-order valence-electron chi connectivity index (χ1n) is 6.17. The van der Waals surface area contributed by atoms with Crippen molar-refractivity contribution in [1.82, 2.24) is 4.98 Å². The van der Waals surface area contributed by atoms with E-state index in [-0.39, 0.29) is 0 Å². The van der Waals surface area contributed by atoms with Crippen LogP contribution in [0.4, 0.5) is 0 Å². The van der Waals surface area contributed by atoms with Crippen LogP contribution >= 0.6 is 27.3 Å². The number of esters is 1. The molecule has 0 amide bonds. The van der Waals surface area contributed by atoms with E-state index in [1.54, 1.807) is 17.4 Å². The first-order valence-corrected chi connectivity index (χ1v) is 7.78. The fourth-order valence-corrected chi connectivity index (χ4v) is 3.15. The van der Waals surface area contributed by atoms with Crippen molar-refractivity contribution in [2.24, 2.45) is 0 Å². The molecule has 0 spiro atoms. The van der Waals surface area contributed by atoms with Crippen molar-refractivity contribution in [2.75, 3.05) is 0 Å². The number of halogens is 1. The molecule has 1 aromatic heterocycles. The summed E-state index contributed by atoms with van der Waals surface area (Å²) < 4.78 is 7.04. The third-order valence-corrected chi connectivity index (χ3v) is 4.59. The second kappa shape index (κ2) is 5.79. The number of aromatic nitrogens is 1. The van der Waals surface area contributed by atoms with E-state index in [1.165, 1.54) is 0 Å². The van der Waals surface area contributed by atoms with Crippen molar-refractivity contribution in [1.29, 1.82) is 0 Å². The summed E-state index contributed by atoms with van der Waals surface area (Å²) in [7, 11) is 0. The molecule has 0 unspecified atom stereocenters. The van der Waals surface area contributed by atoms with E-state index < -0.39 is 5.97 Å². The molecule has 104 valence electrons. The number of hydrogen-bond donors (Lipinski definition) is 0. The quantitative estimate of drug-likeness (QED) is 0.382. The van der Waals surface area contributed by atoms with Crippen molar-refractivity contribution in [3.8, 4) is 16.3 Å². The summed E-state index contributed by atoms with van der Waals surface area (Å²) in [4.78, 5) is 15.9. The summed E-state index contributed by atoms with van der Waals surface area (Å²) in [5.74, 6) is -0.0335. The third kappa shape index (κ3) is 2.89. The van der Waals surface area contributed by atoms with E-state index in [1.807, 2.05) is 36.4 Å². The van der Waals surface area contributed by atoms with Crippen LogP contribution < -0.4 is 4.74 Å². The summed E-state index contributed by atoms with van der Waals surface area (Å²) in [6, 6.07) is 13.5. The summed E-state index contributed by atoms with van der Waals surface area (Å²) in [5.41, 5.74) is 1.87. The standard InChI is InChI=1S/C16H10BrNO2S/c1-2-15(19)20-13-9-10(7-8-11(13)17)16-18-12-5-3-4-6-14(12)21-16/h2-9H,1H2. The normalized spacial score (nSPS) is 10.5.